The molecule has 0 aliphatic rings. The van der Waals surface area contributed by atoms with Gasteiger partial charge in [-0.3, -0.25) is 16.0 Å². The van der Waals surface area contributed by atoms with Gasteiger partial charge in [-0.2, -0.15) is 0 Å². The van der Waals surface area contributed by atoms with Gasteiger partial charge in [-0.15, -0.1) is 11.3 Å². The predicted octanol–water partition coefficient (Wildman–Crippen LogP) is 2.21. The number of aryl methyl sites for hydroxylation is 2. The van der Waals surface area contributed by atoms with Crippen LogP contribution in [-0.4, -0.2) is 20.9 Å². The van der Waals surface area contributed by atoms with Crippen molar-refractivity contribution in [1.82, 2.24) is 15.0 Å². The summed E-state index contributed by atoms with van der Waals surface area (Å²) in [5, 5.41) is 3.29. The predicted molar refractivity (Wildman–Crippen MR) is 83.5 cm³/mol. The zero-order valence-corrected chi connectivity index (χ0v) is 13.2. The van der Waals surface area contributed by atoms with Crippen molar-refractivity contribution in [2.45, 2.75) is 33.6 Å². The molecule has 0 spiro atoms. The van der Waals surface area contributed by atoms with Gasteiger partial charge in [0, 0.05) is 10.8 Å². The van der Waals surface area contributed by atoms with Crippen molar-refractivity contribution in [3.05, 3.63) is 28.3 Å². The molecule has 4 N–H and O–H groups in total. The number of anilines is 2. The molecule has 2 rings (SSSR count). The van der Waals surface area contributed by atoms with Crippen LogP contribution in [0.2, 0.25) is 0 Å². The third-order valence-electron chi connectivity index (χ3n) is 2.94. The highest BCUT2D eigenvalue weighted by Crippen LogP contribution is 2.23. The average molecular weight is 306 g/mol. The van der Waals surface area contributed by atoms with Gasteiger partial charge in [0.25, 0.3) is 5.91 Å². The van der Waals surface area contributed by atoms with Gasteiger partial charge in [0.2, 0.25) is 0 Å². The summed E-state index contributed by atoms with van der Waals surface area (Å²) in [5.74, 6) is 5.76. The minimum absolute atomic E-state index is 0.118. The maximum absolute atomic E-state index is 12.4. The molecule has 2 heterocycles. The van der Waals surface area contributed by atoms with E-state index in [0.717, 1.165) is 10.6 Å². The molecule has 0 fully saturated rings. The van der Waals surface area contributed by atoms with Crippen LogP contribution in [0, 0.1) is 13.8 Å². The summed E-state index contributed by atoms with van der Waals surface area (Å²) in [6, 6.07) is 0. The summed E-state index contributed by atoms with van der Waals surface area (Å²) >= 11 is 1.42. The molecule has 21 heavy (non-hydrogen) atoms. The van der Waals surface area contributed by atoms with Gasteiger partial charge in [0.05, 0.1) is 17.6 Å². The second-order valence-corrected chi connectivity index (χ2v) is 6.11. The summed E-state index contributed by atoms with van der Waals surface area (Å²) in [6.07, 6.45) is 1.51. The second kappa shape index (κ2) is 6.15. The monoisotopic (exact) mass is 306 g/mol. The number of amides is 1. The lowest BCUT2D eigenvalue weighted by molar-refractivity contribution is 0.102. The first-order valence-corrected chi connectivity index (χ1v) is 7.33. The van der Waals surface area contributed by atoms with E-state index in [1.807, 2.05) is 27.7 Å². The third kappa shape index (κ3) is 3.34. The van der Waals surface area contributed by atoms with Crippen LogP contribution in [0.4, 0.5) is 10.8 Å². The number of nitrogens with one attached hydrogen (secondary N) is 2. The fourth-order valence-corrected chi connectivity index (χ4v) is 2.44. The molecule has 0 atom stereocenters. The summed E-state index contributed by atoms with van der Waals surface area (Å²) in [5.41, 5.74) is 3.93. The summed E-state index contributed by atoms with van der Waals surface area (Å²) < 4.78 is 0. The lowest BCUT2D eigenvalue weighted by Crippen LogP contribution is -2.20. The van der Waals surface area contributed by atoms with Crippen LogP contribution < -0.4 is 16.6 Å². The van der Waals surface area contributed by atoms with Gasteiger partial charge in [-0.1, -0.05) is 13.8 Å². The summed E-state index contributed by atoms with van der Waals surface area (Å²) in [6.45, 7) is 7.77. The maximum atomic E-state index is 12.4. The molecule has 0 saturated heterocycles. The quantitative estimate of drug-likeness (QED) is 0.590. The standard InChI is InChI=1S/C13H18N6OS/c1-6(2)11-15-5-9(19-14)10(17-11)12(20)18-13-16-7(3)8(4)21-13/h5-6,19H,14H2,1-4H3,(H,16,18,20). The van der Waals surface area contributed by atoms with E-state index in [4.69, 9.17) is 5.84 Å². The molecule has 0 radical (unpaired) electrons. The molecule has 0 aliphatic carbocycles. The Morgan fingerprint density at radius 2 is 2.05 bits per heavy atom. The van der Waals surface area contributed by atoms with Crippen molar-refractivity contribution in [2.75, 3.05) is 10.7 Å². The van der Waals surface area contributed by atoms with Crippen molar-refractivity contribution >= 4 is 28.1 Å². The van der Waals surface area contributed by atoms with E-state index < -0.39 is 0 Å². The normalized spacial score (nSPS) is 10.8. The van der Waals surface area contributed by atoms with E-state index in [2.05, 4.69) is 25.7 Å². The molecule has 112 valence electrons. The first-order chi connectivity index (χ1) is 9.92. The fraction of sp³-hybridized carbons (Fsp3) is 0.385. The molecule has 7 nitrogen and oxygen atoms in total. The van der Waals surface area contributed by atoms with Crippen molar-refractivity contribution < 1.29 is 4.79 Å². The Morgan fingerprint density at radius 1 is 1.33 bits per heavy atom. The van der Waals surface area contributed by atoms with Crippen LogP contribution in [0.15, 0.2) is 6.20 Å². The lowest BCUT2D eigenvalue weighted by atomic mass is 10.2. The Balaban J connectivity index is 2.30. The van der Waals surface area contributed by atoms with Gasteiger partial charge < -0.3 is 5.43 Å². The number of carbonyl (C=O) groups is 1. The summed E-state index contributed by atoms with van der Waals surface area (Å²) in [7, 11) is 0. The van der Waals surface area contributed by atoms with Crippen molar-refractivity contribution in [1.29, 1.82) is 0 Å². The van der Waals surface area contributed by atoms with Crippen LogP contribution in [-0.2, 0) is 0 Å². The number of nitrogens with zero attached hydrogens (tertiary/aromatic N) is 3. The van der Waals surface area contributed by atoms with Gasteiger partial charge in [-0.05, 0) is 13.8 Å². The Labute approximate surface area is 127 Å². The minimum atomic E-state index is -0.360. The van der Waals surface area contributed by atoms with Crippen LogP contribution >= 0.6 is 11.3 Å². The van der Waals surface area contributed by atoms with E-state index in [0.29, 0.717) is 16.6 Å². The SMILES string of the molecule is Cc1nc(NC(=O)c2nc(C(C)C)ncc2NN)sc1C. The maximum Gasteiger partial charge on any atom is 0.278 e. The number of nitrogens with two attached hydrogens (primary N) is 1. The first kappa shape index (κ1) is 15.3. The topological polar surface area (TPSA) is 106 Å². The zero-order valence-electron chi connectivity index (χ0n) is 12.4. The molecule has 1 amide bonds. The molecule has 0 aliphatic heterocycles. The van der Waals surface area contributed by atoms with E-state index in [9.17, 15) is 4.79 Å². The van der Waals surface area contributed by atoms with Crippen LogP contribution in [0.5, 0.6) is 0 Å². The van der Waals surface area contributed by atoms with Gasteiger partial charge >= 0.3 is 0 Å². The number of hydrogen-bond acceptors (Lipinski definition) is 7. The summed E-state index contributed by atoms with van der Waals surface area (Å²) in [4.78, 5) is 26.2. The number of aromatic nitrogens is 3. The Kier molecular flexibility index (Phi) is 4.49. The number of thiazole rings is 1. The minimum Gasteiger partial charge on any atom is -0.321 e. The van der Waals surface area contributed by atoms with E-state index in [-0.39, 0.29) is 17.5 Å². The molecular weight excluding hydrogens is 288 g/mol. The average Bonchev–Trinajstić information content (AvgIpc) is 2.76. The second-order valence-electron chi connectivity index (χ2n) is 4.90. The molecule has 0 unspecified atom stereocenters. The van der Waals surface area contributed by atoms with Crippen LogP contribution in [0.25, 0.3) is 0 Å². The molecule has 0 aromatic carbocycles. The Hall–Kier alpha value is -2.06. The smallest absolute Gasteiger partial charge is 0.278 e. The third-order valence-corrected chi connectivity index (χ3v) is 3.93. The number of nitrogen functional groups attached to an aromatic ring is 1. The highest BCUT2D eigenvalue weighted by atomic mass is 32.1. The lowest BCUT2D eigenvalue weighted by Gasteiger charge is -2.10. The van der Waals surface area contributed by atoms with Crippen LogP contribution in [0.3, 0.4) is 0 Å². The van der Waals surface area contributed by atoms with Crippen molar-refractivity contribution in [2.24, 2.45) is 5.84 Å². The zero-order chi connectivity index (χ0) is 15.6. The van der Waals surface area contributed by atoms with Gasteiger partial charge in [0.1, 0.15) is 5.82 Å². The number of carbonyl (C=O) groups excluding carboxylic acids is 1. The molecule has 2 aromatic rings. The van der Waals surface area contributed by atoms with Gasteiger partial charge in [-0.25, -0.2) is 15.0 Å². The van der Waals surface area contributed by atoms with E-state index >= 15 is 0 Å². The van der Waals surface area contributed by atoms with E-state index in [1.54, 1.807) is 0 Å². The van der Waals surface area contributed by atoms with Crippen molar-refractivity contribution in [3.63, 3.8) is 0 Å². The number of rotatable bonds is 4. The van der Waals surface area contributed by atoms with Crippen LogP contribution in [0.1, 0.15) is 46.6 Å². The van der Waals surface area contributed by atoms with E-state index in [1.165, 1.54) is 17.5 Å². The molecule has 0 bridgehead atoms. The number of hydrogen-bond donors (Lipinski definition) is 3. The molecule has 8 heteroatoms. The molecule has 0 saturated carbocycles. The highest BCUT2D eigenvalue weighted by molar-refractivity contribution is 7.15. The first-order valence-electron chi connectivity index (χ1n) is 6.51. The van der Waals surface area contributed by atoms with Gasteiger partial charge in [0.15, 0.2) is 10.8 Å². The van der Waals surface area contributed by atoms with Crippen molar-refractivity contribution in [3.8, 4) is 0 Å². The fourth-order valence-electron chi connectivity index (χ4n) is 1.63. The molecular formula is C13H18N6OS. The Morgan fingerprint density at radius 3 is 2.57 bits per heavy atom. The Bertz CT molecular complexity index is 647. The molecule has 2 aromatic heterocycles. The highest BCUT2D eigenvalue weighted by Gasteiger charge is 2.17. The largest absolute Gasteiger partial charge is 0.321 e. The number of hydrazine groups is 1.